The Morgan fingerprint density at radius 3 is 2.52 bits per heavy atom. The Labute approximate surface area is 133 Å². The third-order valence-corrected chi connectivity index (χ3v) is 4.44. The van der Waals surface area contributed by atoms with Crippen molar-refractivity contribution in [1.29, 1.82) is 0 Å². The molecular weight excluding hydrogens is 311 g/mol. The Hall–Kier alpha value is -1.52. The summed E-state index contributed by atoms with van der Waals surface area (Å²) < 4.78 is 6.91. The van der Waals surface area contributed by atoms with Crippen molar-refractivity contribution < 1.29 is 9.53 Å². The third kappa shape index (κ3) is 2.65. The van der Waals surface area contributed by atoms with Crippen LogP contribution < -0.4 is 4.74 Å². The molecule has 0 N–H and O–H groups in total. The van der Waals surface area contributed by atoms with E-state index < -0.39 is 0 Å². The van der Waals surface area contributed by atoms with Crippen LogP contribution in [0, 0.1) is 13.8 Å². The lowest BCUT2D eigenvalue weighted by molar-refractivity contribution is 0.103. The quantitative estimate of drug-likeness (QED) is 0.795. The predicted octanol–water partition coefficient (Wildman–Crippen LogP) is 4.07. The largest absolute Gasteiger partial charge is 0.481 e. The van der Waals surface area contributed by atoms with E-state index in [0.717, 1.165) is 5.56 Å². The minimum absolute atomic E-state index is 0.223. The van der Waals surface area contributed by atoms with Crippen LogP contribution in [0.25, 0.3) is 0 Å². The highest BCUT2D eigenvalue weighted by Crippen LogP contribution is 2.33. The number of hydrogen-bond donors (Lipinski definition) is 0. The van der Waals surface area contributed by atoms with Gasteiger partial charge in [-0.15, -0.1) is 0 Å². The van der Waals surface area contributed by atoms with Crippen LogP contribution in [0.15, 0.2) is 12.3 Å². The predicted molar refractivity (Wildman–Crippen MR) is 83.8 cm³/mol. The van der Waals surface area contributed by atoms with Gasteiger partial charge in [-0.25, -0.2) is 4.68 Å². The molecule has 0 aliphatic carbocycles. The zero-order valence-electron chi connectivity index (χ0n) is 12.3. The number of carbonyl (C=O) groups excluding carboxylic acids is 1. The summed E-state index contributed by atoms with van der Waals surface area (Å²) in [5, 5.41) is 5.09. The molecule has 0 saturated carbocycles. The standard InChI is InChI=1S/C15H16Cl2N2O2/c1-5-19-15(21-4)11(7-18-19)14(20)10-6-8(2)12(16)9(3)13(10)17/h6-7H,5H2,1-4H3. The van der Waals surface area contributed by atoms with Crippen molar-refractivity contribution in [3.63, 3.8) is 0 Å². The highest BCUT2D eigenvalue weighted by molar-refractivity contribution is 6.39. The van der Waals surface area contributed by atoms with E-state index in [1.54, 1.807) is 17.7 Å². The Kier molecular flexibility index (Phi) is 4.59. The summed E-state index contributed by atoms with van der Waals surface area (Å²) in [6.45, 7) is 6.17. The third-order valence-electron chi connectivity index (χ3n) is 3.38. The van der Waals surface area contributed by atoms with E-state index in [9.17, 15) is 4.79 Å². The maximum absolute atomic E-state index is 12.7. The average Bonchev–Trinajstić information content (AvgIpc) is 2.90. The lowest BCUT2D eigenvalue weighted by atomic mass is 10.0. The molecule has 112 valence electrons. The van der Waals surface area contributed by atoms with Crippen molar-refractivity contribution in [1.82, 2.24) is 9.78 Å². The van der Waals surface area contributed by atoms with Gasteiger partial charge in [0.2, 0.25) is 11.7 Å². The zero-order valence-corrected chi connectivity index (χ0v) is 13.8. The molecule has 0 bridgehead atoms. The molecule has 6 heteroatoms. The smallest absolute Gasteiger partial charge is 0.223 e. The van der Waals surface area contributed by atoms with Gasteiger partial charge in [0.05, 0.1) is 18.3 Å². The molecule has 21 heavy (non-hydrogen) atoms. The summed E-state index contributed by atoms with van der Waals surface area (Å²) in [6, 6.07) is 1.70. The minimum Gasteiger partial charge on any atom is -0.481 e. The topological polar surface area (TPSA) is 44.1 Å². The first-order chi connectivity index (χ1) is 9.92. The highest BCUT2D eigenvalue weighted by atomic mass is 35.5. The molecule has 0 atom stereocenters. The number of hydrogen-bond acceptors (Lipinski definition) is 3. The van der Waals surface area contributed by atoms with Gasteiger partial charge in [0.15, 0.2) is 0 Å². The van der Waals surface area contributed by atoms with Gasteiger partial charge in [-0.05, 0) is 38.0 Å². The van der Waals surface area contributed by atoms with E-state index >= 15 is 0 Å². The monoisotopic (exact) mass is 326 g/mol. The molecule has 0 aliphatic rings. The van der Waals surface area contributed by atoms with Crippen LogP contribution in [0.1, 0.15) is 34.0 Å². The molecule has 0 spiro atoms. The van der Waals surface area contributed by atoms with Crippen LogP contribution in [0.3, 0.4) is 0 Å². The van der Waals surface area contributed by atoms with Gasteiger partial charge in [-0.2, -0.15) is 5.10 Å². The molecule has 0 fully saturated rings. The first kappa shape index (κ1) is 15.9. The Morgan fingerprint density at radius 1 is 1.29 bits per heavy atom. The van der Waals surface area contributed by atoms with Gasteiger partial charge >= 0.3 is 0 Å². The number of aromatic nitrogens is 2. The normalized spacial score (nSPS) is 10.8. The van der Waals surface area contributed by atoms with Gasteiger partial charge in [-0.1, -0.05) is 23.2 Å². The van der Waals surface area contributed by atoms with Crippen molar-refractivity contribution in [2.45, 2.75) is 27.3 Å². The molecular formula is C15H16Cl2N2O2. The van der Waals surface area contributed by atoms with Gasteiger partial charge in [0, 0.05) is 17.1 Å². The van der Waals surface area contributed by atoms with Crippen LogP contribution in [0.5, 0.6) is 5.88 Å². The molecule has 4 nitrogen and oxygen atoms in total. The second-order valence-corrected chi connectivity index (χ2v) is 5.46. The number of aryl methyl sites for hydroxylation is 2. The fourth-order valence-electron chi connectivity index (χ4n) is 2.22. The summed E-state index contributed by atoms with van der Waals surface area (Å²) in [7, 11) is 1.51. The van der Waals surface area contributed by atoms with Crippen LogP contribution in [0.4, 0.5) is 0 Å². The number of rotatable bonds is 4. The lowest BCUT2D eigenvalue weighted by Crippen LogP contribution is -2.07. The average molecular weight is 327 g/mol. The van der Waals surface area contributed by atoms with Gasteiger partial charge < -0.3 is 4.74 Å². The Morgan fingerprint density at radius 2 is 1.95 bits per heavy atom. The molecule has 2 rings (SSSR count). The van der Waals surface area contributed by atoms with Gasteiger partial charge in [0.25, 0.3) is 0 Å². The summed E-state index contributed by atoms with van der Waals surface area (Å²) in [5.74, 6) is 0.211. The van der Waals surface area contributed by atoms with Crippen LogP contribution in [-0.4, -0.2) is 22.7 Å². The number of halogens is 2. The van der Waals surface area contributed by atoms with Gasteiger partial charge in [0.1, 0.15) is 5.56 Å². The first-order valence-electron chi connectivity index (χ1n) is 6.52. The summed E-state index contributed by atoms with van der Waals surface area (Å²) in [4.78, 5) is 12.7. The van der Waals surface area contributed by atoms with Gasteiger partial charge in [-0.3, -0.25) is 4.79 Å². The molecule has 1 aromatic carbocycles. The zero-order chi connectivity index (χ0) is 15.7. The highest BCUT2D eigenvalue weighted by Gasteiger charge is 2.23. The number of nitrogens with zero attached hydrogens (tertiary/aromatic N) is 2. The van der Waals surface area contributed by atoms with Crippen molar-refractivity contribution in [2.24, 2.45) is 0 Å². The van der Waals surface area contributed by atoms with Crippen molar-refractivity contribution in [3.05, 3.63) is 44.6 Å². The Balaban J connectivity index is 2.58. The number of ether oxygens (including phenoxy) is 1. The van der Waals surface area contributed by atoms with E-state index in [0.29, 0.717) is 39.2 Å². The molecule has 0 saturated heterocycles. The second-order valence-electron chi connectivity index (χ2n) is 4.71. The second kappa shape index (κ2) is 6.08. The fourth-order valence-corrected chi connectivity index (χ4v) is 2.65. The van der Waals surface area contributed by atoms with Crippen LogP contribution in [0.2, 0.25) is 10.0 Å². The van der Waals surface area contributed by atoms with Crippen molar-refractivity contribution >= 4 is 29.0 Å². The van der Waals surface area contributed by atoms with E-state index in [4.69, 9.17) is 27.9 Å². The maximum atomic E-state index is 12.7. The molecule has 2 aromatic rings. The van der Waals surface area contributed by atoms with Crippen LogP contribution in [-0.2, 0) is 6.54 Å². The number of methoxy groups -OCH3 is 1. The maximum Gasteiger partial charge on any atom is 0.223 e. The number of benzene rings is 1. The van der Waals surface area contributed by atoms with Crippen LogP contribution >= 0.6 is 23.2 Å². The summed E-state index contributed by atoms with van der Waals surface area (Å²) in [5.41, 5.74) is 2.31. The van der Waals surface area contributed by atoms with E-state index in [1.165, 1.54) is 13.3 Å². The lowest BCUT2D eigenvalue weighted by Gasteiger charge is -2.11. The summed E-state index contributed by atoms with van der Waals surface area (Å²) >= 11 is 12.4. The molecule has 0 amide bonds. The summed E-state index contributed by atoms with van der Waals surface area (Å²) in [6.07, 6.45) is 1.50. The Bertz CT molecular complexity index is 708. The minimum atomic E-state index is -0.223. The van der Waals surface area contributed by atoms with Crippen molar-refractivity contribution in [2.75, 3.05) is 7.11 Å². The number of carbonyl (C=O) groups is 1. The van der Waals surface area contributed by atoms with Crippen molar-refractivity contribution in [3.8, 4) is 5.88 Å². The molecule has 0 aliphatic heterocycles. The first-order valence-corrected chi connectivity index (χ1v) is 7.27. The van der Waals surface area contributed by atoms with E-state index in [2.05, 4.69) is 5.10 Å². The molecule has 0 radical (unpaired) electrons. The molecule has 0 unspecified atom stereocenters. The SMILES string of the molecule is CCn1ncc(C(=O)c2cc(C)c(Cl)c(C)c2Cl)c1OC. The number of ketones is 1. The molecule has 1 aromatic heterocycles. The van der Waals surface area contributed by atoms with E-state index in [-0.39, 0.29) is 5.78 Å². The molecule has 1 heterocycles. The fraction of sp³-hybridized carbons (Fsp3) is 0.333. The van der Waals surface area contributed by atoms with E-state index in [1.807, 2.05) is 13.8 Å².